The van der Waals surface area contributed by atoms with Crippen LogP contribution in [0.2, 0.25) is 0 Å². The fourth-order valence-electron chi connectivity index (χ4n) is 5.54. The van der Waals surface area contributed by atoms with Gasteiger partial charge in [-0.1, -0.05) is 127 Å². The van der Waals surface area contributed by atoms with Crippen LogP contribution < -0.4 is 4.65 Å². The maximum absolute atomic E-state index is 6.46. The Kier molecular flexibility index (Phi) is 7.67. The van der Waals surface area contributed by atoms with Gasteiger partial charge in [-0.05, 0) is 63.2 Å². The van der Waals surface area contributed by atoms with Crippen LogP contribution in [0, 0.1) is 0 Å². The van der Waals surface area contributed by atoms with E-state index in [-0.39, 0.29) is 5.92 Å². The Labute approximate surface area is 253 Å². The standard InChI is InChI=1S/C39H31BNO2/c1-4-10-30(11-5-1)33-16-18-36(19-17-33)37-28-41(38-24-20-34(21-25-38)31-12-6-2-7-13-31)40(42-29-37)43-39-26-22-35(23-27-39)32-14-8-3-9-15-32/h1-28,37H,29H2/q+1. The summed E-state index contributed by atoms with van der Waals surface area (Å²) in [7, 11) is -0.593. The molecule has 1 unspecified atom stereocenters. The van der Waals surface area contributed by atoms with Crippen LogP contribution in [-0.2, 0) is 4.65 Å². The van der Waals surface area contributed by atoms with Gasteiger partial charge in [0.05, 0.1) is 12.5 Å². The Balaban J connectivity index is 1.18. The first-order valence-electron chi connectivity index (χ1n) is 14.7. The van der Waals surface area contributed by atoms with Gasteiger partial charge in [-0.25, -0.2) is 4.49 Å². The van der Waals surface area contributed by atoms with Gasteiger partial charge in [0.1, 0.15) is 12.0 Å². The van der Waals surface area contributed by atoms with Gasteiger partial charge in [-0.2, -0.15) is 0 Å². The molecule has 1 atom stereocenters. The Morgan fingerprint density at radius 3 is 1.40 bits per heavy atom. The monoisotopic (exact) mass is 556 g/mol. The summed E-state index contributed by atoms with van der Waals surface area (Å²) in [5, 5.41) is 0. The molecule has 0 saturated carbocycles. The molecule has 43 heavy (non-hydrogen) atoms. The van der Waals surface area contributed by atoms with Gasteiger partial charge in [-0.3, -0.25) is 0 Å². The maximum Gasteiger partial charge on any atom is 0.921 e. The van der Waals surface area contributed by atoms with Gasteiger partial charge >= 0.3 is 7.25 Å². The number of hydrogen-bond donors (Lipinski definition) is 0. The van der Waals surface area contributed by atoms with Crippen molar-refractivity contribution >= 4 is 19.2 Å². The van der Waals surface area contributed by atoms with E-state index in [1.807, 2.05) is 30.3 Å². The van der Waals surface area contributed by atoms with Gasteiger partial charge in [0.2, 0.25) is 0 Å². The van der Waals surface area contributed by atoms with Crippen molar-refractivity contribution in [2.24, 2.45) is 0 Å². The van der Waals surface area contributed by atoms with Crippen LogP contribution in [0.3, 0.4) is 0 Å². The number of rotatable bonds is 7. The fourth-order valence-corrected chi connectivity index (χ4v) is 5.54. The van der Waals surface area contributed by atoms with E-state index in [1.54, 1.807) is 0 Å². The minimum atomic E-state index is -0.593. The second kappa shape index (κ2) is 12.4. The zero-order valence-corrected chi connectivity index (χ0v) is 23.8. The Morgan fingerprint density at radius 1 is 0.488 bits per heavy atom. The maximum atomic E-state index is 6.46. The predicted octanol–water partition coefficient (Wildman–Crippen LogP) is 9.28. The van der Waals surface area contributed by atoms with E-state index in [0.717, 1.165) is 17.0 Å². The van der Waals surface area contributed by atoms with Gasteiger partial charge in [0.25, 0.3) is 0 Å². The molecule has 0 amide bonds. The summed E-state index contributed by atoms with van der Waals surface area (Å²) >= 11 is 0. The van der Waals surface area contributed by atoms with Crippen LogP contribution in [0.25, 0.3) is 33.4 Å². The molecule has 0 aliphatic carbocycles. The number of nitrogens with zero attached hydrogens (tertiary/aromatic N) is 1. The number of benzene rings is 6. The van der Waals surface area contributed by atoms with Crippen LogP contribution in [0.5, 0.6) is 5.75 Å². The summed E-state index contributed by atoms with van der Waals surface area (Å²) in [6.45, 7) is 0.524. The molecule has 0 saturated heterocycles. The minimum absolute atomic E-state index is 0.0823. The topological polar surface area (TPSA) is 21.5 Å². The molecule has 6 aromatic rings. The van der Waals surface area contributed by atoms with Crippen LogP contribution in [0.4, 0.5) is 5.69 Å². The lowest BCUT2D eigenvalue weighted by atomic mass is 9.92. The number of hydrogen-bond acceptors (Lipinski definition) is 2. The zero-order valence-electron chi connectivity index (χ0n) is 23.8. The van der Waals surface area contributed by atoms with Gasteiger partial charge in [-0.15, -0.1) is 0 Å². The lowest BCUT2D eigenvalue weighted by Gasteiger charge is -2.21. The molecule has 1 aliphatic rings. The first-order chi connectivity index (χ1) is 21.3. The van der Waals surface area contributed by atoms with Crippen molar-refractivity contribution in [3.05, 3.63) is 169 Å². The summed E-state index contributed by atoms with van der Waals surface area (Å²) in [4.78, 5) is 0. The van der Waals surface area contributed by atoms with Gasteiger partial charge < -0.3 is 9.31 Å². The molecule has 7 rings (SSSR count). The largest absolute Gasteiger partial charge is 0.921 e. The molecule has 0 N–H and O–H groups in total. The molecule has 0 aromatic heterocycles. The zero-order chi connectivity index (χ0) is 28.8. The predicted molar refractivity (Wildman–Crippen MR) is 177 cm³/mol. The average Bonchev–Trinajstić information content (AvgIpc) is 3.10. The van der Waals surface area contributed by atoms with Crippen molar-refractivity contribution in [3.63, 3.8) is 0 Å². The third kappa shape index (κ3) is 6.06. The van der Waals surface area contributed by atoms with E-state index in [4.69, 9.17) is 9.31 Å². The normalized spacial score (nSPS) is 14.7. The second-order valence-corrected chi connectivity index (χ2v) is 10.7. The highest BCUT2D eigenvalue weighted by Gasteiger charge is 2.46. The highest BCUT2D eigenvalue weighted by molar-refractivity contribution is 6.37. The summed E-state index contributed by atoms with van der Waals surface area (Å²) < 4.78 is 15.0. The van der Waals surface area contributed by atoms with Gasteiger partial charge in [0.15, 0.2) is 5.69 Å². The SMILES string of the molecule is C1=[N+](c2ccc(-c3ccccc3)cc2)B(Oc2ccc(-c3ccccc3)cc2)OCC1c1ccc(-c2ccccc2)cc1. The summed E-state index contributed by atoms with van der Waals surface area (Å²) in [5.74, 6) is 0.841. The van der Waals surface area contributed by atoms with E-state index >= 15 is 0 Å². The van der Waals surface area contributed by atoms with Crippen molar-refractivity contribution in [3.8, 4) is 39.1 Å². The fraction of sp³-hybridized carbons (Fsp3) is 0.0513. The first-order valence-corrected chi connectivity index (χ1v) is 14.7. The van der Waals surface area contributed by atoms with Crippen LogP contribution >= 0.6 is 0 Å². The first kappa shape index (κ1) is 26.7. The molecular formula is C39H31BNO2+. The minimum Gasteiger partial charge on any atom is -0.474 e. The summed E-state index contributed by atoms with van der Waals surface area (Å²) in [6, 6.07) is 56.8. The van der Waals surface area contributed by atoms with Crippen molar-refractivity contribution in [2.45, 2.75) is 5.92 Å². The van der Waals surface area contributed by atoms with Crippen LogP contribution in [0.1, 0.15) is 11.5 Å². The molecule has 4 heteroatoms. The molecule has 1 heterocycles. The van der Waals surface area contributed by atoms with Crippen LogP contribution in [0.15, 0.2) is 164 Å². The smallest absolute Gasteiger partial charge is 0.474 e. The van der Waals surface area contributed by atoms with Crippen LogP contribution in [-0.4, -0.2) is 24.6 Å². The van der Waals surface area contributed by atoms with E-state index in [0.29, 0.717) is 6.61 Å². The van der Waals surface area contributed by atoms with E-state index in [2.05, 4.69) is 144 Å². The molecule has 1 aliphatic heterocycles. The molecule has 6 aromatic carbocycles. The second-order valence-electron chi connectivity index (χ2n) is 10.7. The lowest BCUT2D eigenvalue weighted by molar-refractivity contribution is -0.330. The van der Waals surface area contributed by atoms with E-state index < -0.39 is 7.25 Å². The van der Waals surface area contributed by atoms with Crippen molar-refractivity contribution in [1.82, 2.24) is 0 Å². The molecule has 0 spiro atoms. The summed E-state index contributed by atoms with van der Waals surface area (Å²) in [6.07, 6.45) is 2.24. The Morgan fingerprint density at radius 2 is 0.907 bits per heavy atom. The lowest BCUT2D eigenvalue weighted by Crippen LogP contribution is -2.44. The molecular weight excluding hydrogens is 525 g/mol. The summed E-state index contributed by atoms with van der Waals surface area (Å²) in [5.41, 5.74) is 9.32. The third-order valence-corrected chi connectivity index (χ3v) is 7.90. The molecule has 0 radical (unpaired) electrons. The Bertz CT molecular complexity index is 1800. The molecule has 3 nitrogen and oxygen atoms in total. The molecule has 0 bridgehead atoms. The van der Waals surface area contributed by atoms with Crippen molar-refractivity contribution in [1.29, 1.82) is 0 Å². The highest BCUT2D eigenvalue weighted by Crippen LogP contribution is 2.29. The molecule has 206 valence electrons. The van der Waals surface area contributed by atoms with Crippen molar-refractivity contribution < 1.29 is 13.8 Å². The van der Waals surface area contributed by atoms with Crippen molar-refractivity contribution in [2.75, 3.05) is 6.61 Å². The Hall–Kier alpha value is -5.19. The average molecular weight is 556 g/mol. The van der Waals surface area contributed by atoms with E-state index in [9.17, 15) is 0 Å². The third-order valence-electron chi connectivity index (χ3n) is 7.90. The molecule has 0 fully saturated rings. The highest BCUT2D eigenvalue weighted by atomic mass is 16.6. The quantitative estimate of drug-likeness (QED) is 0.183. The van der Waals surface area contributed by atoms with E-state index in [1.165, 1.54) is 33.4 Å². The van der Waals surface area contributed by atoms with Gasteiger partial charge in [0, 0.05) is 12.1 Å².